The van der Waals surface area contributed by atoms with Crippen molar-refractivity contribution in [3.8, 4) is 0 Å². The van der Waals surface area contributed by atoms with Crippen LogP contribution in [0.3, 0.4) is 0 Å². The van der Waals surface area contributed by atoms with E-state index >= 15 is 0 Å². The second kappa shape index (κ2) is 6.31. The highest BCUT2D eigenvalue weighted by atomic mass is 79.9. The quantitative estimate of drug-likeness (QED) is 0.874. The highest BCUT2D eigenvalue weighted by Crippen LogP contribution is 2.22. The molecule has 1 unspecified atom stereocenters. The maximum Gasteiger partial charge on any atom is 0.141 e. The van der Waals surface area contributed by atoms with Crippen LogP contribution in [0.1, 0.15) is 31.2 Å². The van der Waals surface area contributed by atoms with E-state index in [1.165, 1.54) is 0 Å². The fraction of sp³-hybridized carbons (Fsp3) is 0.667. The van der Waals surface area contributed by atoms with Crippen molar-refractivity contribution in [2.75, 3.05) is 6.54 Å². The van der Waals surface area contributed by atoms with Gasteiger partial charge in [0.1, 0.15) is 5.78 Å². The van der Waals surface area contributed by atoms with Gasteiger partial charge in [-0.3, -0.25) is 9.48 Å². The minimum Gasteiger partial charge on any atom is -0.330 e. The molecule has 2 N–H and O–H groups in total. The van der Waals surface area contributed by atoms with Crippen LogP contribution in [0, 0.1) is 12.8 Å². The van der Waals surface area contributed by atoms with E-state index in [1.54, 1.807) is 4.68 Å². The van der Waals surface area contributed by atoms with Crippen LogP contribution in [0.5, 0.6) is 0 Å². The zero-order valence-corrected chi connectivity index (χ0v) is 12.2. The number of aromatic nitrogens is 2. The smallest absolute Gasteiger partial charge is 0.141 e. The molecule has 0 fully saturated rings. The molecule has 0 radical (unpaired) electrons. The molecule has 0 bridgehead atoms. The Morgan fingerprint density at radius 3 is 2.71 bits per heavy atom. The van der Waals surface area contributed by atoms with Crippen molar-refractivity contribution in [3.05, 3.63) is 15.9 Å². The first-order chi connectivity index (χ1) is 7.97. The van der Waals surface area contributed by atoms with Crippen LogP contribution in [0.2, 0.25) is 0 Å². The number of carbonyl (C=O) groups excluding carboxylic acids is 1. The fourth-order valence-corrected chi connectivity index (χ4v) is 2.27. The summed E-state index contributed by atoms with van der Waals surface area (Å²) in [5.74, 6) is 0.322. The Morgan fingerprint density at radius 2 is 2.24 bits per heavy atom. The maximum absolute atomic E-state index is 12.0. The van der Waals surface area contributed by atoms with Crippen LogP contribution in [0.4, 0.5) is 0 Å². The van der Waals surface area contributed by atoms with Gasteiger partial charge in [0.2, 0.25) is 0 Å². The number of rotatable bonds is 6. The second-order valence-corrected chi connectivity index (χ2v) is 5.24. The SMILES string of the molecule is Cc1nn(C)c(CC(=O)C(C)CCCN)c1Br. The number of hydrogen-bond acceptors (Lipinski definition) is 3. The Hall–Kier alpha value is -0.680. The van der Waals surface area contributed by atoms with Gasteiger partial charge in [0.15, 0.2) is 0 Å². The Bertz CT molecular complexity index is 401. The normalized spacial score (nSPS) is 12.8. The van der Waals surface area contributed by atoms with Crippen LogP contribution in [0.25, 0.3) is 0 Å². The highest BCUT2D eigenvalue weighted by molar-refractivity contribution is 9.10. The Morgan fingerprint density at radius 1 is 1.59 bits per heavy atom. The molecule has 5 heteroatoms. The summed E-state index contributed by atoms with van der Waals surface area (Å²) in [6.45, 7) is 4.54. The van der Waals surface area contributed by atoms with Gasteiger partial charge in [-0.05, 0) is 42.2 Å². The van der Waals surface area contributed by atoms with Crippen LogP contribution in [0.15, 0.2) is 4.47 Å². The lowest BCUT2D eigenvalue weighted by atomic mass is 9.97. The Labute approximate surface area is 111 Å². The van der Waals surface area contributed by atoms with Gasteiger partial charge in [-0.2, -0.15) is 5.10 Å². The molecule has 1 rings (SSSR count). The Kier molecular flexibility index (Phi) is 5.33. The van der Waals surface area contributed by atoms with E-state index in [4.69, 9.17) is 5.73 Å². The molecule has 96 valence electrons. The summed E-state index contributed by atoms with van der Waals surface area (Å²) >= 11 is 3.48. The lowest BCUT2D eigenvalue weighted by Gasteiger charge is -2.10. The van der Waals surface area contributed by atoms with Crippen LogP contribution in [-0.2, 0) is 18.3 Å². The van der Waals surface area contributed by atoms with Crippen LogP contribution in [-0.4, -0.2) is 22.1 Å². The third kappa shape index (κ3) is 3.64. The number of nitrogens with two attached hydrogens (primary N) is 1. The number of Topliss-reactive ketones (excluding diaryl/α,β-unsaturated/α-hetero) is 1. The van der Waals surface area contributed by atoms with E-state index in [0.29, 0.717) is 13.0 Å². The zero-order valence-electron chi connectivity index (χ0n) is 10.7. The molecule has 1 heterocycles. The average molecular weight is 302 g/mol. The van der Waals surface area contributed by atoms with Gasteiger partial charge in [0, 0.05) is 19.4 Å². The third-order valence-electron chi connectivity index (χ3n) is 2.99. The number of halogens is 1. The summed E-state index contributed by atoms with van der Waals surface area (Å²) in [4.78, 5) is 12.0. The van der Waals surface area contributed by atoms with Gasteiger partial charge in [-0.25, -0.2) is 0 Å². The monoisotopic (exact) mass is 301 g/mol. The molecule has 0 aliphatic rings. The largest absolute Gasteiger partial charge is 0.330 e. The number of aryl methyl sites for hydroxylation is 2. The van der Waals surface area contributed by atoms with Gasteiger partial charge in [-0.15, -0.1) is 0 Å². The number of nitrogens with zero attached hydrogens (tertiary/aromatic N) is 2. The van der Waals surface area contributed by atoms with E-state index < -0.39 is 0 Å². The molecule has 0 saturated heterocycles. The third-order valence-corrected chi connectivity index (χ3v) is 4.03. The van der Waals surface area contributed by atoms with E-state index in [2.05, 4.69) is 21.0 Å². The predicted octanol–water partition coefficient (Wildman–Crippen LogP) is 1.98. The number of hydrogen-bond donors (Lipinski definition) is 1. The van der Waals surface area contributed by atoms with Gasteiger partial charge >= 0.3 is 0 Å². The molecule has 0 amide bonds. The van der Waals surface area contributed by atoms with Crippen molar-refractivity contribution >= 4 is 21.7 Å². The summed E-state index contributed by atoms with van der Waals surface area (Å²) < 4.78 is 2.71. The lowest BCUT2D eigenvalue weighted by Crippen LogP contribution is -2.17. The molecule has 1 atom stereocenters. The van der Waals surface area contributed by atoms with Crippen LogP contribution < -0.4 is 5.73 Å². The lowest BCUT2D eigenvalue weighted by molar-refractivity contribution is -0.122. The molecule has 4 nitrogen and oxygen atoms in total. The van der Waals surface area contributed by atoms with E-state index in [-0.39, 0.29) is 11.7 Å². The van der Waals surface area contributed by atoms with Gasteiger partial charge < -0.3 is 5.73 Å². The topological polar surface area (TPSA) is 60.9 Å². The molecule has 0 spiro atoms. The summed E-state index contributed by atoms with van der Waals surface area (Å²) in [6, 6.07) is 0. The zero-order chi connectivity index (χ0) is 13.0. The molecule has 0 aliphatic carbocycles. The van der Waals surface area contributed by atoms with Crippen LogP contribution >= 0.6 is 15.9 Å². The van der Waals surface area contributed by atoms with Crippen molar-refractivity contribution in [1.29, 1.82) is 0 Å². The summed E-state index contributed by atoms with van der Waals surface area (Å²) in [6.07, 6.45) is 2.20. The van der Waals surface area contributed by atoms with Crippen molar-refractivity contribution in [3.63, 3.8) is 0 Å². The Balaban J connectivity index is 2.67. The molecule has 0 aromatic carbocycles. The summed E-state index contributed by atoms with van der Waals surface area (Å²) in [7, 11) is 1.87. The predicted molar refractivity (Wildman–Crippen MR) is 71.8 cm³/mol. The van der Waals surface area contributed by atoms with Crippen molar-refractivity contribution < 1.29 is 4.79 Å². The van der Waals surface area contributed by atoms with Crippen molar-refractivity contribution in [2.24, 2.45) is 18.7 Å². The molecule has 1 aromatic rings. The molecular formula is C12H20BrN3O. The number of ketones is 1. The molecule has 0 aliphatic heterocycles. The molecule has 0 saturated carbocycles. The van der Waals surface area contributed by atoms with E-state index in [0.717, 1.165) is 28.7 Å². The minimum absolute atomic E-state index is 0.0701. The molecule has 1 aromatic heterocycles. The van der Waals surface area contributed by atoms with Gasteiger partial charge in [0.25, 0.3) is 0 Å². The first-order valence-electron chi connectivity index (χ1n) is 5.88. The van der Waals surface area contributed by atoms with Gasteiger partial charge in [-0.1, -0.05) is 6.92 Å². The van der Waals surface area contributed by atoms with Crippen molar-refractivity contribution in [1.82, 2.24) is 9.78 Å². The fourth-order valence-electron chi connectivity index (χ4n) is 1.80. The maximum atomic E-state index is 12.0. The van der Waals surface area contributed by atoms with Gasteiger partial charge in [0.05, 0.1) is 15.9 Å². The first-order valence-corrected chi connectivity index (χ1v) is 6.67. The average Bonchev–Trinajstić information content (AvgIpc) is 2.52. The molecule has 17 heavy (non-hydrogen) atoms. The van der Waals surface area contributed by atoms with E-state index in [9.17, 15) is 4.79 Å². The van der Waals surface area contributed by atoms with E-state index in [1.807, 2.05) is 20.9 Å². The molecular weight excluding hydrogens is 282 g/mol. The summed E-state index contributed by atoms with van der Waals surface area (Å²) in [5, 5.41) is 4.28. The second-order valence-electron chi connectivity index (χ2n) is 4.44. The standard InChI is InChI=1S/C12H20BrN3O/c1-8(5-4-6-14)11(17)7-10-12(13)9(2)15-16(10)3/h8H,4-7,14H2,1-3H3. The summed E-state index contributed by atoms with van der Waals surface area (Å²) in [5.41, 5.74) is 7.32. The first kappa shape index (κ1) is 14.4. The minimum atomic E-state index is 0.0701. The number of carbonyl (C=O) groups is 1. The highest BCUT2D eigenvalue weighted by Gasteiger charge is 2.18. The van der Waals surface area contributed by atoms with Crippen molar-refractivity contribution in [2.45, 2.75) is 33.1 Å².